The largest absolute Gasteiger partial charge is 0.433 e. The van der Waals surface area contributed by atoms with Crippen molar-refractivity contribution in [2.24, 2.45) is 0 Å². The van der Waals surface area contributed by atoms with Crippen LogP contribution in [0.5, 0.6) is 0 Å². The number of rotatable bonds is 2. The van der Waals surface area contributed by atoms with Crippen molar-refractivity contribution in [1.29, 1.82) is 0 Å². The summed E-state index contributed by atoms with van der Waals surface area (Å²) in [4.78, 5) is 3.39. The van der Waals surface area contributed by atoms with Gasteiger partial charge in [-0.3, -0.25) is 0 Å². The lowest BCUT2D eigenvalue weighted by atomic mass is 9.98. The molecule has 0 aliphatic rings. The fourth-order valence-corrected chi connectivity index (χ4v) is 1.52. The van der Waals surface area contributed by atoms with Crippen LogP contribution in [-0.2, 0) is 6.18 Å². The van der Waals surface area contributed by atoms with Crippen molar-refractivity contribution in [3.8, 4) is 0 Å². The summed E-state index contributed by atoms with van der Waals surface area (Å²) >= 11 is 0. The van der Waals surface area contributed by atoms with Gasteiger partial charge in [-0.15, -0.1) is 0 Å². The van der Waals surface area contributed by atoms with E-state index in [0.29, 0.717) is 0 Å². The molecule has 0 N–H and O–H groups in total. The molecule has 0 amide bonds. The van der Waals surface area contributed by atoms with Crippen LogP contribution in [0.25, 0.3) is 0 Å². The zero-order valence-corrected chi connectivity index (χ0v) is 10.2. The fourth-order valence-electron chi connectivity index (χ4n) is 1.52. The molecule has 96 valence electrons. The summed E-state index contributed by atoms with van der Waals surface area (Å²) in [6.45, 7) is 6.55. The Balaban J connectivity index is 3.48. The molecule has 1 nitrogen and oxygen atoms in total. The molecule has 0 saturated carbocycles. The molecule has 5 heteroatoms. The minimum atomic E-state index is -4.54. The highest BCUT2D eigenvalue weighted by Crippen LogP contribution is 2.33. The van der Waals surface area contributed by atoms with Gasteiger partial charge in [0, 0.05) is 0 Å². The zero-order valence-electron chi connectivity index (χ0n) is 10.2. The minimum Gasteiger partial charge on any atom is -0.245 e. The third-order valence-corrected chi connectivity index (χ3v) is 2.47. The molecule has 0 radical (unpaired) electrons. The Kier molecular flexibility index (Phi) is 3.79. The van der Waals surface area contributed by atoms with Gasteiger partial charge in [-0.05, 0) is 23.5 Å². The molecule has 0 unspecified atom stereocenters. The molecule has 0 aliphatic heterocycles. The van der Waals surface area contributed by atoms with Crippen LogP contribution in [-0.4, -0.2) is 4.98 Å². The van der Waals surface area contributed by atoms with E-state index >= 15 is 0 Å². The SMILES string of the molecule is CC(C)c1cc(C(F)(F)F)nc(C(C)C)c1F. The van der Waals surface area contributed by atoms with E-state index in [1.54, 1.807) is 27.7 Å². The molecule has 1 rings (SSSR count). The lowest BCUT2D eigenvalue weighted by Gasteiger charge is -2.16. The van der Waals surface area contributed by atoms with Gasteiger partial charge in [-0.25, -0.2) is 9.37 Å². The Labute approximate surface area is 97.9 Å². The van der Waals surface area contributed by atoms with Gasteiger partial charge in [0.25, 0.3) is 0 Å². The van der Waals surface area contributed by atoms with E-state index in [1.807, 2.05) is 0 Å². The van der Waals surface area contributed by atoms with Gasteiger partial charge in [-0.2, -0.15) is 13.2 Å². The van der Waals surface area contributed by atoms with E-state index in [1.165, 1.54) is 0 Å². The number of nitrogens with zero attached hydrogens (tertiary/aromatic N) is 1. The van der Waals surface area contributed by atoms with Crippen molar-refractivity contribution < 1.29 is 17.6 Å². The topological polar surface area (TPSA) is 12.9 Å². The maximum atomic E-state index is 13.9. The van der Waals surface area contributed by atoms with Crippen LogP contribution in [0.2, 0.25) is 0 Å². The van der Waals surface area contributed by atoms with Crippen molar-refractivity contribution >= 4 is 0 Å². The van der Waals surface area contributed by atoms with Crippen LogP contribution in [0.1, 0.15) is 56.5 Å². The predicted molar refractivity (Wildman–Crippen MR) is 57.4 cm³/mol. The molecule has 0 fully saturated rings. The number of hydrogen-bond donors (Lipinski definition) is 0. The molecule has 1 heterocycles. The van der Waals surface area contributed by atoms with Crippen LogP contribution in [0.4, 0.5) is 17.6 Å². The smallest absolute Gasteiger partial charge is 0.245 e. The molecule has 0 atom stereocenters. The molecule has 0 aromatic carbocycles. The second kappa shape index (κ2) is 4.63. The quantitative estimate of drug-likeness (QED) is 0.704. The predicted octanol–water partition coefficient (Wildman–Crippen LogP) is 4.49. The average molecular weight is 249 g/mol. The molecule has 1 aromatic heterocycles. The molecular weight excluding hydrogens is 234 g/mol. The summed E-state index contributed by atoms with van der Waals surface area (Å²) in [7, 11) is 0. The summed E-state index contributed by atoms with van der Waals surface area (Å²) in [6.07, 6.45) is -4.54. The molecule has 0 aliphatic carbocycles. The van der Waals surface area contributed by atoms with Crippen molar-refractivity contribution in [3.05, 3.63) is 28.8 Å². The van der Waals surface area contributed by atoms with Crippen LogP contribution < -0.4 is 0 Å². The van der Waals surface area contributed by atoms with E-state index in [2.05, 4.69) is 4.98 Å². The number of hydrogen-bond acceptors (Lipinski definition) is 1. The first-order chi connectivity index (χ1) is 7.64. The van der Waals surface area contributed by atoms with Crippen LogP contribution >= 0.6 is 0 Å². The molecular formula is C12H15F4N. The van der Waals surface area contributed by atoms with Crippen LogP contribution in [0.15, 0.2) is 6.07 Å². The Bertz CT molecular complexity index is 378. The number of halogens is 4. The molecule has 0 saturated heterocycles. The van der Waals surface area contributed by atoms with Crippen molar-refractivity contribution in [2.75, 3.05) is 0 Å². The van der Waals surface area contributed by atoms with Crippen LogP contribution in [0, 0.1) is 5.82 Å². The standard InChI is InChI=1S/C12H15F4N/c1-6(2)8-5-9(12(14,15)16)17-11(7(3)4)10(8)13/h5-7H,1-4H3. The monoisotopic (exact) mass is 249 g/mol. The van der Waals surface area contributed by atoms with Crippen LogP contribution in [0.3, 0.4) is 0 Å². The van der Waals surface area contributed by atoms with E-state index < -0.39 is 17.7 Å². The summed E-state index contributed by atoms with van der Waals surface area (Å²) in [5, 5.41) is 0. The lowest BCUT2D eigenvalue weighted by Crippen LogP contribution is -2.14. The van der Waals surface area contributed by atoms with Gasteiger partial charge in [0.05, 0.1) is 5.69 Å². The van der Waals surface area contributed by atoms with Crippen molar-refractivity contribution in [2.45, 2.75) is 45.7 Å². The Morgan fingerprint density at radius 2 is 1.59 bits per heavy atom. The number of pyridine rings is 1. The zero-order chi connectivity index (χ0) is 13.4. The van der Waals surface area contributed by atoms with Gasteiger partial charge in [0.2, 0.25) is 0 Å². The second-order valence-electron chi connectivity index (χ2n) is 4.60. The Hall–Kier alpha value is -1.13. The van der Waals surface area contributed by atoms with Gasteiger partial charge in [0.1, 0.15) is 11.5 Å². The normalized spacial score (nSPS) is 12.6. The van der Waals surface area contributed by atoms with Crippen molar-refractivity contribution in [1.82, 2.24) is 4.98 Å². The van der Waals surface area contributed by atoms with E-state index in [-0.39, 0.29) is 23.1 Å². The fraction of sp³-hybridized carbons (Fsp3) is 0.583. The second-order valence-corrected chi connectivity index (χ2v) is 4.60. The highest BCUT2D eigenvalue weighted by atomic mass is 19.4. The summed E-state index contributed by atoms with van der Waals surface area (Å²) in [6, 6.07) is 0.797. The maximum absolute atomic E-state index is 13.9. The third-order valence-electron chi connectivity index (χ3n) is 2.47. The van der Waals surface area contributed by atoms with Gasteiger partial charge in [0.15, 0.2) is 0 Å². The van der Waals surface area contributed by atoms with E-state index in [9.17, 15) is 17.6 Å². The summed E-state index contributed by atoms with van der Waals surface area (Å²) in [5.41, 5.74) is -1.08. The highest BCUT2D eigenvalue weighted by molar-refractivity contribution is 5.29. The summed E-state index contributed by atoms with van der Waals surface area (Å²) in [5.74, 6) is -1.31. The number of aromatic nitrogens is 1. The van der Waals surface area contributed by atoms with Gasteiger partial charge in [-0.1, -0.05) is 27.7 Å². The first-order valence-electron chi connectivity index (χ1n) is 5.42. The number of alkyl halides is 3. The molecule has 0 bridgehead atoms. The Morgan fingerprint density at radius 1 is 1.06 bits per heavy atom. The Morgan fingerprint density at radius 3 is 1.94 bits per heavy atom. The first-order valence-corrected chi connectivity index (χ1v) is 5.42. The highest BCUT2D eigenvalue weighted by Gasteiger charge is 2.34. The minimum absolute atomic E-state index is 0.0658. The first kappa shape index (κ1) is 13.9. The summed E-state index contributed by atoms with van der Waals surface area (Å²) < 4.78 is 51.8. The third kappa shape index (κ3) is 2.96. The van der Waals surface area contributed by atoms with E-state index in [0.717, 1.165) is 6.07 Å². The molecule has 1 aromatic rings. The average Bonchev–Trinajstić information content (AvgIpc) is 2.14. The molecule has 0 spiro atoms. The van der Waals surface area contributed by atoms with Crippen molar-refractivity contribution in [3.63, 3.8) is 0 Å². The van der Waals surface area contributed by atoms with Gasteiger partial charge >= 0.3 is 6.18 Å². The molecule has 17 heavy (non-hydrogen) atoms. The van der Waals surface area contributed by atoms with E-state index in [4.69, 9.17) is 0 Å². The lowest BCUT2D eigenvalue weighted by molar-refractivity contribution is -0.141. The van der Waals surface area contributed by atoms with Gasteiger partial charge < -0.3 is 0 Å². The maximum Gasteiger partial charge on any atom is 0.433 e.